The summed E-state index contributed by atoms with van der Waals surface area (Å²) in [5.41, 5.74) is -0.347. The zero-order chi connectivity index (χ0) is 31.8. The summed E-state index contributed by atoms with van der Waals surface area (Å²) in [7, 11) is -5.62. The molecule has 0 spiro atoms. The summed E-state index contributed by atoms with van der Waals surface area (Å²) in [5.74, 6) is -0.726. The van der Waals surface area contributed by atoms with Crippen LogP contribution in [0.25, 0.3) is 0 Å². The van der Waals surface area contributed by atoms with Gasteiger partial charge in [0.1, 0.15) is 33.0 Å². The van der Waals surface area contributed by atoms with Gasteiger partial charge in [0.2, 0.25) is 0 Å². The van der Waals surface area contributed by atoms with Crippen LogP contribution in [0.5, 0.6) is 0 Å². The molecule has 8 nitrogen and oxygen atoms in total. The Kier molecular flexibility index (Phi) is 14.1. The molecule has 0 radical (unpaired) electrons. The molecule has 2 aliphatic carbocycles. The van der Waals surface area contributed by atoms with Crippen molar-refractivity contribution < 1.29 is 35.9 Å². The minimum atomic E-state index is -2.81. The molecule has 0 heterocycles. The molecule has 0 saturated heterocycles. The molecule has 0 aliphatic heterocycles. The van der Waals surface area contributed by atoms with E-state index in [0.29, 0.717) is 0 Å². The summed E-state index contributed by atoms with van der Waals surface area (Å²) >= 11 is 0. The molecular formula is C32H54O8S2. The van der Waals surface area contributed by atoms with Crippen molar-refractivity contribution in [3.05, 3.63) is 24.3 Å². The molecule has 0 aromatic rings. The highest BCUT2D eigenvalue weighted by atomic mass is 32.2. The summed E-state index contributed by atoms with van der Waals surface area (Å²) in [5, 5.41) is -1.62. The summed E-state index contributed by atoms with van der Waals surface area (Å²) in [6, 6.07) is 0. The Morgan fingerprint density at radius 1 is 0.714 bits per heavy atom. The fourth-order valence-corrected chi connectivity index (χ4v) is 8.58. The number of ketones is 2. The lowest BCUT2D eigenvalue weighted by molar-refractivity contribution is -0.130. The van der Waals surface area contributed by atoms with Gasteiger partial charge in [0, 0.05) is 24.7 Å². The molecule has 0 saturated carbocycles. The van der Waals surface area contributed by atoms with Gasteiger partial charge < -0.3 is 9.47 Å². The van der Waals surface area contributed by atoms with Crippen LogP contribution in [-0.2, 0) is 40.5 Å². The van der Waals surface area contributed by atoms with Gasteiger partial charge in [-0.3, -0.25) is 9.59 Å². The van der Waals surface area contributed by atoms with Crippen molar-refractivity contribution in [1.29, 1.82) is 0 Å². The van der Waals surface area contributed by atoms with E-state index in [-0.39, 0.29) is 85.3 Å². The first-order chi connectivity index (χ1) is 19.5. The van der Waals surface area contributed by atoms with Crippen LogP contribution in [0.3, 0.4) is 0 Å². The van der Waals surface area contributed by atoms with E-state index in [1.807, 2.05) is 13.8 Å². The molecule has 10 heteroatoms. The van der Waals surface area contributed by atoms with Crippen LogP contribution in [0.4, 0.5) is 0 Å². The van der Waals surface area contributed by atoms with Gasteiger partial charge in [0.05, 0.1) is 36.9 Å². The molecular weight excluding hydrogens is 576 g/mol. The average Bonchev–Trinajstić information content (AvgIpc) is 2.83. The molecule has 0 fully saturated rings. The smallest absolute Gasteiger partial charge is 0.145 e. The molecule has 0 aromatic heterocycles. The number of ether oxygens (including phenoxy) is 2. The van der Waals surface area contributed by atoms with Crippen molar-refractivity contribution in [2.24, 2.45) is 46.3 Å². The number of thiol groups is 2. The van der Waals surface area contributed by atoms with Gasteiger partial charge in [0.25, 0.3) is 0 Å². The lowest BCUT2D eigenvalue weighted by atomic mass is 9.64. The number of hydrogen-bond donors (Lipinski definition) is 2. The quantitative estimate of drug-likeness (QED) is 0.135. The highest BCUT2D eigenvalue weighted by Crippen LogP contribution is 2.43. The standard InChI is InChI=1S/C32H54O8S2/c1-21-11-9-13-31(5,6)29(21)25(33)17-23(3)27(41(35)36)19-39-15-16-40-20-28(42(37)38)24(4)18-26(34)30-22(2)12-10-14-32(30,7)8/h9-12,21-24,27-30,41-42H,13-20H2,1-8H3. The van der Waals surface area contributed by atoms with E-state index in [2.05, 4.69) is 52.0 Å². The third-order valence-corrected chi connectivity index (χ3v) is 11.8. The SMILES string of the molecule is CC1C=CCC(C)(C)C1C(=O)CC(C)C(COCCOCC(C(C)CC(=O)C1C(C)C=CCC1(C)C)[SH](=O)=O)[SH](=O)=O. The van der Waals surface area contributed by atoms with Crippen molar-refractivity contribution in [3.63, 3.8) is 0 Å². The topological polar surface area (TPSA) is 121 Å². The number of allylic oxidation sites excluding steroid dienone is 4. The highest BCUT2D eigenvalue weighted by Gasteiger charge is 2.41. The van der Waals surface area contributed by atoms with Crippen LogP contribution in [0, 0.1) is 46.3 Å². The molecule has 2 rings (SSSR count). The summed E-state index contributed by atoms with van der Waals surface area (Å²) < 4.78 is 59.3. The number of Topliss-reactive ketones (excluding diaryl/α,β-unsaturated/α-hetero) is 2. The van der Waals surface area contributed by atoms with E-state index >= 15 is 0 Å². The zero-order valence-electron chi connectivity index (χ0n) is 26.7. The van der Waals surface area contributed by atoms with Crippen molar-refractivity contribution in [3.8, 4) is 0 Å². The summed E-state index contributed by atoms with van der Waals surface area (Å²) in [6.45, 7) is 16.0. The van der Waals surface area contributed by atoms with Crippen LogP contribution in [0.2, 0.25) is 0 Å². The first kappa shape index (κ1) is 36.8. The van der Waals surface area contributed by atoms with Gasteiger partial charge in [0.15, 0.2) is 0 Å². The second-order valence-electron chi connectivity index (χ2n) is 14.1. The van der Waals surface area contributed by atoms with Crippen molar-refractivity contribution in [2.45, 2.75) is 91.6 Å². The Morgan fingerprint density at radius 3 is 1.33 bits per heavy atom. The molecule has 2 aliphatic rings. The maximum atomic E-state index is 13.2. The van der Waals surface area contributed by atoms with Crippen LogP contribution in [-0.4, -0.2) is 65.3 Å². The zero-order valence-corrected chi connectivity index (χ0v) is 28.5. The van der Waals surface area contributed by atoms with E-state index in [4.69, 9.17) is 9.47 Å². The van der Waals surface area contributed by atoms with Crippen LogP contribution >= 0.6 is 0 Å². The molecule has 8 atom stereocenters. The Balaban J connectivity index is 1.83. The van der Waals surface area contributed by atoms with Gasteiger partial charge in [-0.1, -0.05) is 79.7 Å². The average molecular weight is 631 g/mol. The number of carbonyl (C=O) groups excluding carboxylic acids is 2. The predicted octanol–water partition coefficient (Wildman–Crippen LogP) is 4.65. The summed E-state index contributed by atoms with van der Waals surface area (Å²) in [6.07, 6.45) is 10.3. The molecule has 42 heavy (non-hydrogen) atoms. The van der Waals surface area contributed by atoms with E-state index < -0.39 is 43.7 Å². The third-order valence-electron chi connectivity index (χ3n) is 9.45. The van der Waals surface area contributed by atoms with Crippen LogP contribution in [0.15, 0.2) is 24.3 Å². The van der Waals surface area contributed by atoms with E-state index in [9.17, 15) is 26.4 Å². The van der Waals surface area contributed by atoms with Gasteiger partial charge in [-0.25, -0.2) is 16.8 Å². The molecule has 0 amide bonds. The number of carbonyl (C=O) groups is 2. The van der Waals surface area contributed by atoms with Crippen LogP contribution in [0.1, 0.15) is 81.1 Å². The van der Waals surface area contributed by atoms with Gasteiger partial charge in [-0.05, 0) is 47.3 Å². The molecule has 242 valence electrons. The molecule has 0 N–H and O–H groups in total. The van der Waals surface area contributed by atoms with E-state index in [0.717, 1.165) is 12.8 Å². The van der Waals surface area contributed by atoms with Crippen molar-refractivity contribution in [1.82, 2.24) is 0 Å². The fraction of sp³-hybridized carbons (Fsp3) is 0.812. The van der Waals surface area contributed by atoms with Gasteiger partial charge >= 0.3 is 0 Å². The van der Waals surface area contributed by atoms with E-state index in [1.165, 1.54) is 0 Å². The lowest BCUT2D eigenvalue weighted by Crippen LogP contribution is -2.39. The fourth-order valence-electron chi connectivity index (χ4n) is 7.08. The maximum Gasteiger partial charge on any atom is 0.145 e. The van der Waals surface area contributed by atoms with Crippen LogP contribution < -0.4 is 0 Å². The molecule has 0 bridgehead atoms. The van der Waals surface area contributed by atoms with E-state index in [1.54, 1.807) is 13.8 Å². The number of hydrogen-bond acceptors (Lipinski definition) is 8. The monoisotopic (exact) mass is 630 g/mol. The van der Waals surface area contributed by atoms with Gasteiger partial charge in [-0.15, -0.1) is 0 Å². The Bertz CT molecular complexity index is 1030. The minimum absolute atomic E-state index is 0.0615. The Labute approximate surface area is 257 Å². The normalized spacial score (nSPS) is 28.0. The van der Waals surface area contributed by atoms with Crippen molar-refractivity contribution in [2.75, 3.05) is 26.4 Å². The maximum absolute atomic E-state index is 13.2. The highest BCUT2D eigenvalue weighted by molar-refractivity contribution is 7.73. The number of rotatable bonds is 17. The lowest BCUT2D eigenvalue weighted by Gasteiger charge is -2.39. The second-order valence-corrected chi connectivity index (χ2v) is 16.5. The van der Waals surface area contributed by atoms with Gasteiger partial charge in [-0.2, -0.15) is 0 Å². The largest absolute Gasteiger partial charge is 0.378 e. The predicted molar refractivity (Wildman–Crippen MR) is 168 cm³/mol. The van der Waals surface area contributed by atoms with Crippen molar-refractivity contribution >= 4 is 33.0 Å². The Morgan fingerprint density at radius 2 is 1.05 bits per heavy atom. The third kappa shape index (κ3) is 10.1. The first-order valence-corrected chi connectivity index (χ1v) is 17.8. The first-order valence-electron chi connectivity index (χ1n) is 15.3. The Hall–Kier alpha value is -1.36. The second kappa shape index (κ2) is 16.1. The molecule has 8 unspecified atom stereocenters. The summed E-state index contributed by atoms with van der Waals surface area (Å²) in [4.78, 5) is 26.4. The minimum Gasteiger partial charge on any atom is -0.378 e. The molecule has 0 aromatic carbocycles.